The van der Waals surface area contributed by atoms with Gasteiger partial charge in [0.05, 0.1) is 0 Å². The Morgan fingerprint density at radius 1 is 1.88 bits per heavy atom. The van der Waals surface area contributed by atoms with Gasteiger partial charge in [0.1, 0.15) is 6.26 Å². The molecule has 0 aliphatic rings. The number of hydrogen-bond donors (Lipinski definition) is 1. The summed E-state index contributed by atoms with van der Waals surface area (Å²) in [6, 6.07) is 0. The Bertz CT molecular complexity index is 99.5. The van der Waals surface area contributed by atoms with Crippen LogP contribution in [-0.2, 0) is 9.09 Å². The zero-order valence-electron chi connectivity index (χ0n) is 4.57. The molecule has 0 heterocycles. The molecule has 0 bridgehead atoms. The molecular weight excluding hydrogens is 127 g/mol. The summed E-state index contributed by atoms with van der Waals surface area (Å²) in [7, 11) is -2.45. The van der Waals surface area contributed by atoms with Crippen LogP contribution in [0.15, 0.2) is 12.3 Å². The van der Waals surface area contributed by atoms with Crippen LogP contribution in [-0.4, -0.2) is 4.89 Å². The molecule has 46 valence electrons. The van der Waals surface area contributed by atoms with Gasteiger partial charge in [0.15, 0.2) is 0 Å². The van der Waals surface area contributed by atoms with Gasteiger partial charge in [0.25, 0.3) is 0 Å². The summed E-state index contributed by atoms with van der Waals surface area (Å²) in [5.41, 5.74) is 0. The van der Waals surface area contributed by atoms with Crippen molar-refractivity contribution in [2.45, 2.75) is 13.3 Å². The summed E-state index contributed by atoms with van der Waals surface area (Å²) in [5, 5.41) is 0. The normalized spacial score (nSPS) is 12.0. The second-order valence-corrected chi connectivity index (χ2v) is 1.81. The molecular formula is C4H8O3P+. The van der Waals surface area contributed by atoms with E-state index in [2.05, 4.69) is 4.52 Å². The van der Waals surface area contributed by atoms with E-state index in [0.717, 1.165) is 6.42 Å². The summed E-state index contributed by atoms with van der Waals surface area (Å²) < 4.78 is 13.9. The summed E-state index contributed by atoms with van der Waals surface area (Å²) in [5.74, 6) is 0. The Morgan fingerprint density at radius 3 is 2.88 bits per heavy atom. The van der Waals surface area contributed by atoms with E-state index in [-0.39, 0.29) is 0 Å². The van der Waals surface area contributed by atoms with Crippen LogP contribution in [0.2, 0.25) is 0 Å². The highest BCUT2D eigenvalue weighted by molar-refractivity contribution is 7.32. The predicted octanol–water partition coefficient (Wildman–Crippen LogP) is 1.58. The first-order chi connectivity index (χ1) is 3.77. The van der Waals surface area contributed by atoms with Gasteiger partial charge in [-0.1, -0.05) is 6.92 Å². The quantitative estimate of drug-likeness (QED) is 0.472. The van der Waals surface area contributed by atoms with Gasteiger partial charge in [-0.15, -0.1) is 4.89 Å². The highest BCUT2D eigenvalue weighted by Crippen LogP contribution is 2.13. The lowest BCUT2D eigenvalue weighted by molar-refractivity contribution is 0.377. The SMILES string of the molecule is CC/C=C/O[P+](=O)O. The van der Waals surface area contributed by atoms with Crippen LogP contribution in [0.3, 0.4) is 0 Å². The molecule has 8 heavy (non-hydrogen) atoms. The first-order valence-electron chi connectivity index (χ1n) is 2.25. The minimum absolute atomic E-state index is 0.809. The second-order valence-electron chi connectivity index (χ2n) is 1.12. The van der Waals surface area contributed by atoms with Crippen LogP contribution < -0.4 is 0 Å². The first-order valence-corrected chi connectivity index (χ1v) is 3.38. The lowest BCUT2D eigenvalue weighted by Gasteiger charge is -1.72. The molecule has 0 fully saturated rings. The van der Waals surface area contributed by atoms with Crippen molar-refractivity contribution in [3.05, 3.63) is 12.3 Å². The number of allylic oxidation sites excluding steroid dienone is 1. The van der Waals surface area contributed by atoms with E-state index in [1.54, 1.807) is 6.08 Å². The molecule has 1 N–H and O–H groups in total. The standard InChI is InChI=1S/C4H7O3P/c1-2-3-4-7-8(5)6/h3-4H,2H2,1H3/p+1/b4-3+. The molecule has 0 aromatic heterocycles. The highest BCUT2D eigenvalue weighted by atomic mass is 31.1. The molecule has 3 nitrogen and oxygen atoms in total. The van der Waals surface area contributed by atoms with Crippen molar-refractivity contribution in [1.29, 1.82) is 0 Å². The van der Waals surface area contributed by atoms with Gasteiger partial charge in [0, 0.05) is 4.57 Å². The average Bonchev–Trinajstić information content (AvgIpc) is 1.66. The minimum atomic E-state index is -2.45. The summed E-state index contributed by atoms with van der Waals surface area (Å²) in [4.78, 5) is 8.01. The third kappa shape index (κ3) is 5.60. The van der Waals surface area contributed by atoms with Crippen molar-refractivity contribution >= 4 is 8.25 Å². The van der Waals surface area contributed by atoms with Gasteiger partial charge >= 0.3 is 8.25 Å². The van der Waals surface area contributed by atoms with Crippen LogP contribution in [0.5, 0.6) is 0 Å². The maximum atomic E-state index is 9.75. The average molecular weight is 135 g/mol. The Balaban J connectivity index is 3.16. The fraction of sp³-hybridized carbons (Fsp3) is 0.500. The predicted molar refractivity (Wildman–Crippen MR) is 30.3 cm³/mol. The molecule has 0 radical (unpaired) electrons. The molecule has 0 amide bonds. The lowest BCUT2D eigenvalue weighted by Crippen LogP contribution is -1.61. The third-order valence-corrected chi connectivity index (χ3v) is 0.785. The molecule has 0 saturated heterocycles. The summed E-state index contributed by atoms with van der Waals surface area (Å²) in [6.45, 7) is 1.91. The van der Waals surface area contributed by atoms with E-state index in [1.807, 2.05) is 6.92 Å². The fourth-order valence-corrected chi connectivity index (χ4v) is 0.382. The van der Waals surface area contributed by atoms with Crippen molar-refractivity contribution in [3.63, 3.8) is 0 Å². The van der Waals surface area contributed by atoms with Crippen LogP contribution in [0, 0.1) is 0 Å². The Labute approximate surface area is 48.9 Å². The molecule has 0 saturated carbocycles. The van der Waals surface area contributed by atoms with E-state index in [1.165, 1.54) is 6.26 Å². The molecule has 0 aliphatic carbocycles. The van der Waals surface area contributed by atoms with Crippen molar-refractivity contribution in [3.8, 4) is 0 Å². The van der Waals surface area contributed by atoms with Gasteiger partial charge in [-0.05, 0) is 12.5 Å². The van der Waals surface area contributed by atoms with E-state index < -0.39 is 8.25 Å². The summed E-state index contributed by atoms with van der Waals surface area (Å²) in [6.07, 6.45) is 3.69. The number of rotatable bonds is 3. The molecule has 1 atom stereocenters. The molecule has 0 aromatic carbocycles. The molecule has 0 rings (SSSR count). The van der Waals surface area contributed by atoms with Crippen LogP contribution in [0.1, 0.15) is 13.3 Å². The molecule has 0 spiro atoms. The van der Waals surface area contributed by atoms with Gasteiger partial charge in [-0.25, -0.2) is 4.52 Å². The van der Waals surface area contributed by atoms with Crippen molar-refractivity contribution in [2.24, 2.45) is 0 Å². The Hall–Kier alpha value is -0.400. The zero-order valence-corrected chi connectivity index (χ0v) is 5.47. The lowest BCUT2D eigenvalue weighted by atomic mass is 10.5. The topological polar surface area (TPSA) is 46.5 Å². The van der Waals surface area contributed by atoms with Gasteiger partial charge < -0.3 is 0 Å². The largest absolute Gasteiger partial charge is 0.746 e. The van der Waals surface area contributed by atoms with Crippen molar-refractivity contribution in [2.75, 3.05) is 0 Å². The van der Waals surface area contributed by atoms with Crippen LogP contribution in [0.25, 0.3) is 0 Å². The van der Waals surface area contributed by atoms with Crippen molar-refractivity contribution < 1.29 is 14.0 Å². The van der Waals surface area contributed by atoms with E-state index in [0.29, 0.717) is 0 Å². The van der Waals surface area contributed by atoms with Crippen LogP contribution in [0.4, 0.5) is 0 Å². The van der Waals surface area contributed by atoms with E-state index in [9.17, 15) is 4.57 Å². The van der Waals surface area contributed by atoms with Gasteiger partial charge in [-0.3, -0.25) is 0 Å². The maximum Gasteiger partial charge on any atom is 0.746 e. The first kappa shape index (κ1) is 7.60. The number of hydrogen-bond acceptors (Lipinski definition) is 2. The molecule has 4 heteroatoms. The van der Waals surface area contributed by atoms with Crippen molar-refractivity contribution in [1.82, 2.24) is 0 Å². The van der Waals surface area contributed by atoms with E-state index >= 15 is 0 Å². The fourth-order valence-electron chi connectivity index (χ4n) is 0.191. The molecule has 0 aliphatic heterocycles. The zero-order chi connectivity index (χ0) is 6.41. The summed E-state index contributed by atoms with van der Waals surface area (Å²) >= 11 is 0. The molecule has 0 aromatic rings. The van der Waals surface area contributed by atoms with Crippen LogP contribution >= 0.6 is 8.25 Å². The Morgan fingerprint density at radius 2 is 2.50 bits per heavy atom. The second kappa shape index (κ2) is 4.75. The molecule has 1 unspecified atom stereocenters. The smallest absolute Gasteiger partial charge is 0.238 e. The maximum absolute atomic E-state index is 9.75. The highest BCUT2D eigenvalue weighted by Gasteiger charge is 2.06. The Kier molecular flexibility index (Phi) is 4.51. The van der Waals surface area contributed by atoms with Gasteiger partial charge in [-0.2, -0.15) is 0 Å². The van der Waals surface area contributed by atoms with Gasteiger partial charge in [0.2, 0.25) is 0 Å². The van der Waals surface area contributed by atoms with E-state index in [4.69, 9.17) is 4.89 Å². The minimum Gasteiger partial charge on any atom is -0.238 e. The third-order valence-electron chi connectivity index (χ3n) is 0.483. The monoisotopic (exact) mass is 135 g/mol.